The van der Waals surface area contributed by atoms with Gasteiger partial charge in [0.2, 0.25) is 0 Å². The molecular formula is C22H21N3O4S2. The first-order chi connectivity index (χ1) is 14.9. The van der Waals surface area contributed by atoms with Gasteiger partial charge in [0, 0.05) is 35.4 Å². The zero-order chi connectivity index (χ0) is 22.1. The van der Waals surface area contributed by atoms with Crippen LogP contribution in [0.3, 0.4) is 0 Å². The molecule has 0 aliphatic rings. The molecule has 2 aromatic heterocycles. The molecule has 0 bridgehead atoms. The monoisotopic (exact) mass is 455 g/mol. The summed E-state index contributed by atoms with van der Waals surface area (Å²) in [6, 6.07) is 10.5. The molecule has 0 unspecified atom stereocenters. The van der Waals surface area contributed by atoms with Crippen molar-refractivity contribution >= 4 is 54.6 Å². The number of rotatable bonds is 6. The van der Waals surface area contributed by atoms with Crippen LogP contribution in [0.1, 0.15) is 27.7 Å². The van der Waals surface area contributed by atoms with Crippen LogP contribution >= 0.6 is 22.7 Å². The van der Waals surface area contributed by atoms with Crippen LogP contribution in [0, 0.1) is 24.0 Å². The number of nitro groups is 1. The Kier molecular flexibility index (Phi) is 5.99. The highest BCUT2D eigenvalue weighted by Gasteiger charge is 2.15. The number of amides is 1. The Hall–Kier alpha value is -2.88. The zero-order valence-corrected chi connectivity index (χ0v) is 19.0. The molecule has 2 aromatic carbocycles. The molecule has 4 aromatic rings. The van der Waals surface area contributed by atoms with Gasteiger partial charge in [0.25, 0.3) is 11.6 Å². The molecule has 2 heterocycles. The Morgan fingerprint density at radius 3 is 2.71 bits per heavy atom. The topological polar surface area (TPSA) is 86.7 Å². The van der Waals surface area contributed by atoms with Crippen LogP contribution in [-0.2, 0) is 11.3 Å². The van der Waals surface area contributed by atoms with Crippen molar-refractivity contribution in [2.24, 2.45) is 4.99 Å². The van der Waals surface area contributed by atoms with E-state index in [-0.39, 0.29) is 11.6 Å². The number of hydrogen-bond donors (Lipinski definition) is 0. The van der Waals surface area contributed by atoms with Gasteiger partial charge >= 0.3 is 0 Å². The summed E-state index contributed by atoms with van der Waals surface area (Å²) in [4.78, 5) is 29.1. The predicted octanol–water partition coefficient (Wildman–Crippen LogP) is 5.22. The molecule has 1 amide bonds. The van der Waals surface area contributed by atoms with Crippen molar-refractivity contribution in [1.82, 2.24) is 4.57 Å². The van der Waals surface area contributed by atoms with Crippen molar-refractivity contribution in [1.29, 1.82) is 0 Å². The van der Waals surface area contributed by atoms with Gasteiger partial charge in [-0.15, -0.1) is 11.3 Å². The molecule has 0 atom stereocenters. The number of ether oxygens (including phenoxy) is 1. The largest absolute Gasteiger partial charge is 0.380 e. The van der Waals surface area contributed by atoms with Crippen molar-refractivity contribution in [2.75, 3.05) is 13.2 Å². The second-order valence-electron chi connectivity index (χ2n) is 7.17. The summed E-state index contributed by atoms with van der Waals surface area (Å²) in [6.45, 7) is 7.82. The number of benzene rings is 2. The summed E-state index contributed by atoms with van der Waals surface area (Å²) in [5.41, 5.74) is 3.36. The summed E-state index contributed by atoms with van der Waals surface area (Å²) < 4.78 is 9.47. The molecular weight excluding hydrogens is 434 g/mol. The number of non-ortho nitro benzene ring substituents is 1. The Bertz CT molecular complexity index is 1380. The van der Waals surface area contributed by atoms with E-state index in [0.29, 0.717) is 34.8 Å². The smallest absolute Gasteiger partial charge is 0.289 e. The maximum atomic E-state index is 13.0. The SMILES string of the molecule is CCOCCn1c(=NC(=O)c2cc3cc([N+](=O)[O-])ccc3s2)sc2cc(C)cc(C)c21. The lowest BCUT2D eigenvalue weighted by molar-refractivity contribution is -0.384. The fraction of sp³-hybridized carbons (Fsp3) is 0.273. The molecule has 4 rings (SSSR count). The summed E-state index contributed by atoms with van der Waals surface area (Å²) in [5.74, 6) is -0.352. The summed E-state index contributed by atoms with van der Waals surface area (Å²) in [7, 11) is 0. The van der Waals surface area contributed by atoms with Crippen LogP contribution in [0.25, 0.3) is 20.3 Å². The highest BCUT2D eigenvalue weighted by atomic mass is 32.1. The highest BCUT2D eigenvalue weighted by Crippen LogP contribution is 2.29. The average Bonchev–Trinajstić information content (AvgIpc) is 3.29. The molecule has 0 aliphatic heterocycles. The Morgan fingerprint density at radius 2 is 1.97 bits per heavy atom. The number of carbonyl (C=O) groups excluding carboxylic acids is 1. The molecule has 0 radical (unpaired) electrons. The molecule has 0 saturated heterocycles. The standard InChI is InChI=1S/C22H21N3O4S2/c1-4-29-8-7-24-20-14(3)9-13(2)10-18(20)31-22(24)23-21(26)19-12-15-11-16(25(27)28)5-6-17(15)30-19/h5-6,9-12H,4,7-8H2,1-3H3. The van der Waals surface area contributed by atoms with Gasteiger partial charge in [-0.05, 0) is 50.1 Å². The third kappa shape index (κ3) is 4.30. The molecule has 9 heteroatoms. The van der Waals surface area contributed by atoms with Gasteiger partial charge in [0.15, 0.2) is 4.80 Å². The van der Waals surface area contributed by atoms with Crippen LogP contribution in [0.5, 0.6) is 0 Å². The number of nitrogens with zero attached hydrogens (tertiary/aromatic N) is 3. The van der Waals surface area contributed by atoms with Gasteiger partial charge in [0.1, 0.15) is 0 Å². The minimum atomic E-state index is -0.439. The number of aryl methyl sites for hydroxylation is 2. The van der Waals surface area contributed by atoms with Crippen molar-refractivity contribution in [3.05, 3.63) is 67.3 Å². The van der Waals surface area contributed by atoms with Crippen LogP contribution in [-0.4, -0.2) is 28.6 Å². The number of hydrogen-bond acceptors (Lipinski definition) is 6. The quantitative estimate of drug-likeness (QED) is 0.227. The molecule has 0 fully saturated rings. The van der Waals surface area contributed by atoms with Crippen molar-refractivity contribution in [3.63, 3.8) is 0 Å². The first-order valence-electron chi connectivity index (χ1n) is 9.82. The van der Waals surface area contributed by atoms with E-state index >= 15 is 0 Å². The van der Waals surface area contributed by atoms with E-state index in [1.807, 2.05) is 11.5 Å². The van der Waals surface area contributed by atoms with E-state index in [9.17, 15) is 14.9 Å². The molecule has 0 saturated carbocycles. The van der Waals surface area contributed by atoms with E-state index < -0.39 is 4.92 Å². The molecule has 0 spiro atoms. The van der Waals surface area contributed by atoms with E-state index in [4.69, 9.17) is 4.74 Å². The van der Waals surface area contributed by atoms with Gasteiger partial charge < -0.3 is 9.30 Å². The number of aromatic nitrogens is 1. The minimum Gasteiger partial charge on any atom is -0.380 e. The van der Waals surface area contributed by atoms with Gasteiger partial charge in [-0.1, -0.05) is 17.4 Å². The van der Waals surface area contributed by atoms with Gasteiger partial charge in [0.05, 0.1) is 26.6 Å². The first kappa shape index (κ1) is 21.4. The maximum absolute atomic E-state index is 13.0. The fourth-order valence-electron chi connectivity index (χ4n) is 3.58. The molecule has 160 valence electrons. The van der Waals surface area contributed by atoms with E-state index in [0.717, 1.165) is 26.0 Å². The van der Waals surface area contributed by atoms with Crippen molar-refractivity contribution in [2.45, 2.75) is 27.3 Å². The Balaban J connectivity index is 1.79. The fourth-order valence-corrected chi connectivity index (χ4v) is 5.73. The second-order valence-corrected chi connectivity index (χ2v) is 9.26. The van der Waals surface area contributed by atoms with E-state index in [1.54, 1.807) is 12.1 Å². The molecule has 0 aliphatic carbocycles. The van der Waals surface area contributed by atoms with Gasteiger partial charge in [-0.25, -0.2) is 0 Å². The van der Waals surface area contributed by atoms with Crippen LogP contribution < -0.4 is 4.80 Å². The summed E-state index contributed by atoms with van der Waals surface area (Å²) >= 11 is 2.77. The predicted molar refractivity (Wildman–Crippen MR) is 124 cm³/mol. The van der Waals surface area contributed by atoms with Crippen LogP contribution in [0.15, 0.2) is 41.4 Å². The lowest BCUT2D eigenvalue weighted by atomic mass is 10.1. The van der Waals surface area contributed by atoms with Crippen LogP contribution in [0.4, 0.5) is 5.69 Å². The number of thiazole rings is 1. The number of nitro benzene ring substituents is 1. The number of carbonyl (C=O) groups is 1. The van der Waals surface area contributed by atoms with Gasteiger partial charge in [-0.2, -0.15) is 4.99 Å². The van der Waals surface area contributed by atoms with Crippen molar-refractivity contribution < 1.29 is 14.5 Å². The lowest BCUT2D eigenvalue weighted by Crippen LogP contribution is -2.20. The number of thiophene rings is 1. The third-order valence-electron chi connectivity index (χ3n) is 4.89. The van der Waals surface area contributed by atoms with Gasteiger partial charge in [-0.3, -0.25) is 14.9 Å². The van der Waals surface area contributed by atoms with Crippen molar-refractivity contribution in [3.8, 4) is 0 Å². The third-order valence-corrected chi connectivity index (χ3v) is 7.02. The summed E-state index contributed by atoms with van der Waals surface area (Å²) in [5, 5.41) is 11.7. The average molecular weight is 456 g/mol. The minimum absolute atomic E-state index is 0.00496. The van der Waals surface area contributed by atoms with Crippen LogP contribution in [0.2, 0.25) is 0 Å². The maximum Gasteiger partial charge on any atom is 0.289 e. The lowest BCUT2D eigenvalue weighted by Gasteiger charge is -2.08. The number of fused-ring (bicyclic) bond motifs is 2. The Morgan fingerprint density at radius 1 is 1.16 bits per heavy atom. The summed E-state index contributed by atoms with van der Waals surface area (Å²) in [6.07, 6.45) is 0. The second kappa shape index (κ2) is 8.70. The first-order valence-corrected chi connectivity index (χ1v) is 11.5. The normalized spacial score (nSPS) is 12.2. The highest BCUT2D eigenvalue weighted by molar-refractivity contribution is 7.21. The molecule has 31 heavy (non-hydrogen) atoms. The van der Waals surface area contributed by atoms with E-state index in [2.05, 4.69) is 31.0 Å². The zero-order valence-electron chi connectivity index (χ0n) is 17.4. The molecule has 7 nitrogen and oxygen atoms in total. The Labute approximate surface area is 186 Å². The molecule has 0 N–H and O–H groups in total. The van der Waals surface area contributed by atoms with E-state index in [1.165, 1.54) is 34.8 Å².